The minimum atomic E-state index is 0.797. The van der Waals surface area contributed by atoms with Crippen molar-refractivity contribution < 1.29 is 0 Å². The second-order valence-electron chi connectivity index (χ2n) is 2.60. The Kier molecular flexibility index (Phi) is 3.51. The first kappa shape index (κ1) is 10.1. The van der Waals surface area contributed by atoms with Crippen molar-refractivity contribution in [2.45, 2.75) is 4.90 Å². The third-order valence-corrected chi connectivity index (χ3v) is 4.67. The third-order valence-electron chi connectivity index (χ3n) is 1.80. The zero-order chi connectivity index (χ0) is 9.80. The molecule has 2 rings (SSSR count). The second kappa shape index (κ2) is 4.87. The van der Waals surface area contributed by atoms with Crippen molar-refractivity contribution in [2.75, 3.05) is 15.3 Å². The summed E-state index contributed by atoms with van der Waals surface area (Å²) >= 11 is 4.84. The lowest BCUT2D eigenvalue weighted by molar-refractivity contribution is 1.31. The van der Waals surface area contributed by atoms with Crippen LogP contribution in [0.1, 0.15) is 0 Å². The Hall–Kier alpha value is -0.440. The first-order chi connectivity index (χ1) is 6.92. The molecule has 0 unspecified atom stereocenters. The molecule has 1 aliphatic heterocycles. The molecule has 1 heterocycles. The molecule has 0 radical (unpaired) electrons. The lowest BCUT2D eigenvalue weighted by Crippen LogP contribution is -2.08. The molecule has 14 heavy (non-hydrogen) atoms. The minimum absolute atomic E-state index is 0.797. The Labute approximate surface area is 96.2 Å². The van der Waals surface area contributed by atoms with E-state index in [-0.39, 0.29) is 0 Å². The molecule has 72 valence electrons. The van der Waals surface area contributed by atoms with Crippen LogP contribution in [0.2, 0.25) is 0 Å². The number of benzene rings is 1. The van der Waals surface area contributed by atoms with Gasteiger partial charge in [-0.3, -0.25) is 0 Å². The highest BCUT2D eigenvalue weighted by Gasteiger charge is 2.18. The topological polar surface area (TPSA) is 27.0 Å². The van der Waals surface area contributed by atoms with E-state index in [2.05, 4.69) is 34.0 Å². The van der Waals surface area contributed by atoms with E-state index in [1.165, 1.54) is 22.3 Å². The highest BCUT2D eigenvalue weighted by Crippen LogP contribution is 2.42. The smallest absolute Gasteiger partial charge is 0.134 e. The van der Waals surface area contributed by atoms with Gasteiger partial charge in [0.25, 0.3) is 0 Å². The van der Waals surface area contributed by atoms with Gasteiger partial charge >= 0.3 is 0 Å². The normalized spacial score (nSPS) is 13.8. The summed E-state index contributed by atoms with van der Waals surface area (Å²) in [5, 5.41) is 11.3. The van der Waals surface area contributed by atoms with E-state index in [4.69, 9.17) is 5.26 Å². The Morgan fingerprint density at radius 1 is 1.50 bits per heavy atom. The largest absolute Gasteiger partial charge is 0.304 e. The molecular formula is C9H8N2S3. The van der Waals surface area contributed by atoms with E-state index < -0.39 is 0 Å². The number of para-hydroxylation sites is 1. The average molecular weight is 240 g/mol. The van der Waals surface area contributed by atoms with E-state index in [0.29, 0.717) is 0 Å². The van der Waals surface area contributed by atoms with Crippen molar-refractivity contribution in [3.63, 3.8) is 0 Å². The van der Waals surface area contributed by atoms with Crippen LogP contribution in [0.4, 0.5) is 5.69 Å². The molecule has 1 aromatic rings. The molecule has 0 fully saturated rings. The summed E-state index contributed by atoms with van der Waals surface area (Å²) in [6, 6.07) is 8.37. The quantitative estimate of drug-likeness (QED) is 0.349. The number of anilines is 1. The van der Waals surface area contributed by atoms with E-state index in [9.17, 15) is 0 Å². The Bertz CT molecular complexity index is 361. The van der Waals surface area contributed by atoms with Gasteiger partial charge in [-0.2, -0.15) is 5.26 Å². The Morgan fingerprint density at radius 3 is 3.21 bits per heavy atom. The maximum atomic E-state index is 8.41. The summed E-state index contributed by atoms with van der Waals surface area (Å²) in [4.78, 5) is 1.34. The predicted octanol–water partition coefficient (Wildman–Crippen LogP) is 3.38. The fraction of sp³-hybridized carbons (Fsp3) is 0.222. The molecule has 0 N–H and O–H groups in total. The number of hydrogen-bond acceptors (Lipinski definition) is 5. The molecule has 0 saturated heterocycles. The fourth-order valence-corrected chi connectivity index (χ4v) is 3.85. The second-order valence-corrected chi connectivity index (χ2v) is 5.70. The van der Waals surface area contributed by atoms with Gasteiger partial charge in [0.1, 0.15) is 5.40 Å². The lowest BCUT2D eigenvalue weighted by Gasteiger charge is -2.15. The summed E-state index contributed by atoms with van der Waals surface area (Å²) < 4.78 is 2.24. The van der Waals surface area contributed by atoms with Crippen molar-refractivity contribution >= 4 is 41.2 Å². The standard InChI is InChI=1S/C9H8N2S3/c10-5-12-7-14-11-6-13-9-4-2-1-3-8(9)11/h1-4H,6-7H2. The molecule has 0 aromatic heterocycles. The van der Waals surface area contributed by atoms with Crippen LogP contribution < -0.4 is 4.31 Å². The number of rotatable bonds is 3. The van der Waals surface area contributed by atoms with Gasteiger partial charge in [0.15, 0.2) is 0 Å². The van der Waals surface area contributed by atoms with Crippen LogP contribution in [0, 0.1) is 10.7 Å². The maximum Gasteiger partial charge on any atom is 0.134 e. The van der Waals surface area contributed by atoms with Crippen LogP contribution in [0.3, 0.4) is 0 Å². The van der Waals surface area contributed by atoms with Crippen LogP contribution in [-0.2, 0) is 0 Å². The maximum absolute atomic E-state index is 8.41. The van der Waals surface area contributed by atoms with Crippen molar-refractivity contribution in [1.82, 2.24) is 0 Å². The van der Waals surface area contributed by atoms with Crippen molar-refractivity contribution in [2.24, 2.45) is 0 Å². The van der Waals surface area contributed by atoms with Gasteiger partial charge in [-0.25, -0.2) is 0 Å². The molecule has 0 spiro atoms. The van der Waals surface area contributed by atoms with Crippen LogP contribution in [0.25, 0.3) is 0 Å². The number of nitrogens with zero attached hydrogens (tertiary/aromatic N) is 2. The van der Waals surface area contributed by atoms with Gasteiger partial charge in [0, 0.05) is 4.90 Å². The van der Waals surface area contributed by atoms with Gasteiger partial charge in [-0.15, -0.1) is 11.8 Å². The number of fused-ring (bicyclic) bond motifs is 1. The van der Waals surface area contributed by atoms with Gasteiger partial charge < -0.3 is 4.31 Å². The highest BCUT2D eigenvalue weighted by atomic mass is 32.2. The number of hydrogen-bond donors (Lipinski definition) is 0. The number of nitriles is 1. The molecule has 1 aliphatic rings. The SMILES string of the molecule is N#CSCSN1CSc2ccccc21. The molecule has 5 heteroatoms. The lowest BCUT2D eigenvalue weighted by atomic mass is 10.3. The van der Waals surface area contributed by atoms with Gasteiger partial charge in [-0.05, 0) is 35.8 Å². The van der Waals surface area contributed by atoms with Crippen molar-refractivity contribution in [1.29, 1.82) is 5.26 Å². The number of thiocyanates is 1. The van der Waals surface area contributed by atoms with Crippen molar-refractivity contribution in [3.05, 3.63) is 24.3 Å². The summed E-state index contributed by atoms with van der Waals surface area (Å²) in [7, 11) is 0. The summed E-state index contributed by atoms with van der Waals surface area (Å²) in [5.41, 5.74) is 1.28. The van der Waals surface area contributed by atoms with E-state index >= 15 is 0 Å². The van der Waals surface area contributed by atoms with E-state index in [1.54, 1.807) is 11.9 Å². The summed E-state index contributed by atoms with van der Waals surface area (Å²) in [6.07, 6.45) is 0. The predicted molar refractivity (Wildman–Crippen MR) is 65.3 cm³/mol. The summed E-state index contributed by atoms with van der Waals surface area (Å²) in [5.74, 6) is 0.982. The minimum Gasteiger partial charge on any atom is -0.304 e. The third kappa shape index (κ3) is 2.14. The highest BCUT2D eigenvalue weighted by molar-refractivity contribution is 8.19. The summed E-state index contributed by atoms with van der Waals surface area (Å²) in [6.45, 7) is 0. The first-order valence-electron chi connectivity index (χ1n) is 4.05. The Morgan fingerprint density at radius 2 is 2.36 bits per heavy atom. The average Bonchev–Trinajstić information content (AvgIpc) is 2.63. The molecule has 0 aliphatic carbocycles. The van der Waals surface area contributed by atoms with Crippen LogP contribution >= 0.6 is 35.5 Å². The fourth-order valence-electron chi connectivity index (χ4n) is 1.21. The first-order valence-corrected chi connectivity index (χ1v) is 6.96. The Balaban J connectivity index is 2.00. The van der Waals surface area contributed by atoms with Gasteiger partial charge in [-0.1, -0.05) is 12.1 Å². The zero-order valence-electron chi connectivity index (χ0n) is 7.34. The molecule has 0 saturated carbocycles. The number of thioether (sulfide) groups is 2. The molecule has 0 amide bonds. The monoisotopic (exact) mass is 240 g/mol. The van der Waals surface area contributed by atoms with Crippen molar-refractivity contribution in [3.8, 4) is 5.40 Å². The van der Waals surface area contributed by atoms with Gasteiger partial charge in [0.2, 0.25) is 0 Å². The molecular weight excluding hydrogens is 232 g/mol. The molecule has 2 nitrogen and oxygen atoms in total. The van der Waals surface area contributed by atoms with E-state index in [1.807, 2.05) is 11.8 Å². The van der Waals surface area contributed by atoms with Gasteiger partial charge in [0.05, 0.1) is 16.6 Å². The van der Waals surface area contributed by atoms with E-state index in [0.717, 1.165) is 11.0 Å². The van der Waals surface area contributed by atoms with Crippen LogP contribution in [-0.4, -0.2) is 11.0 Å². The molecule has 0 bridgehead atoms. The molecule has 0 atom stereocenters. The van der Waals surface area contributed by atoms with Crippen LogP contribution in [0.5, 0.6) is 0 Å². The van der Waals surface area contributed by atoms with Crippen LogP contribution in [0.15, 0.2) is 29.2 Å². The molecule has 1 aromatic carbocycles. The zero-order valence-corrected chi connectivity index (χ0v) is 9.79.